The van der Waals surface area contributed by atoms with E-state index in [1.54, 1.807) is 23.5 Å². The Morgan fingerprint density at radius 1 is 0.545 bits per heavy atom. The first-order valence-corrected chi connectivity index (χ1v) is 20.3. The Balaban J connectivity index is 1.17. The third-order valence-electron chi connectivity index (χ3n) is 3.86. The second-order valence-corrected chi connectivity index (χ2v) is 20.0. The van der Waals surface area contributed by atoms with Crippen LogP contribution in [0.2, 0.25) is 0 Å². The highest BCUT2D eigenvalue weighted by atomic mass is 32.3. The quantitative estimate of drug-likeness (QED) is 0.183. The van der Waals surface area contributed by atoms with Crippen LogP contribution in [0, 0.1) is 0 Å². The zero-order valence-corrected chi connectivity index (χ0v) is 27.1. The molecule has 0 aliphatic carbocycles. The summed E-state index contributed by atoms with van der Waals surface area (Å²) in [6.45, 7) is 7.84. The van der Waals surface area contributed by atoms with Crippen molar-refractivity contribution in [3.05, 3.63) is 79.5 Å². The third kappa shape index (κ3) is 8.56. The van der Waals surface area contributed by atoms with Crippen LogP contribution in [-0.2, 0) is 0 Å². The Morgan fingerprint density at radius 2 is 0.939 bits per heavy atom. The van der Waals surface area contributed by atoms with Crippen LogP contribution in [0.25, 0.3) is 0 Å². The van der Waals surface area contributed by atoms with Gasteiger partial charge in [0.2, 0.25) is 0 Å². The maximum atomic E-state index is 3.92. The highest BCUT2D eigenvalue weighted by molar-refractivity contribution is 8.43. The molecule has 0 nitrogen and oxygen atoms in total. The fourth-order valence-corrected chi connectivity index (χ4v) is 17.7. The molecule has 0 N–H and O–H groups in total. The van der Waals surface area contributed by atoms with Crippen LogP contribution in [0.5, 0.6) is 0 Å². The number of thioether (sulfide) groups is 12. The molecule has 0 aromatic heterocycles. The van der Waals surface area contributed by atoms with Crippen molar-refractivity contribution in [3.63, 3.8) is 0 Å². The average Bonchev–Trinajstić information content (AvgIpc) is 3.61. The van der Waals surface area contributed by atoms with Gasteiger partial charge < -0.3 is 0 Å². The summed E-state index contributed by atoms with van der Waals surface area (Å²) in [5.74, 6) is 2.39. The van der Waals surface area contributed by atoms with Crippen molar-refractivity contribution >= 4 is 141 Å². The highest BCUT2D eigenvalue weighted by Crippen LogP contribution is 2.63. The van der Waals surface area contributed by atoms with Gasteiger partial charge in [-0.25, -0.2) is 0 Å². The normalized spacial score (nSPS) is 20.4. The first-order valence-electron chi connectivity index (χ1n) is 9.74. The Labute approximate surface area is 248 Å². The van der Waals surface area contributed by atoms with Gasteiger partial charge in [-0.1, -0.05) is 137 Å². The maximum Gasteiger partial charge on any atom is 0.0717 e. The second kappa shape index (κ2) is 15.5. The first kappa shape index (κ1) is 28.1. The molecule has 0 radical (unpaired) electrons. The summed E-state index contributed by atoms with van der Waals surface area (Å²) in [7, 11) is 0. The fourth-order valence-electron chi connectivity index (χ4n) is 2.50. The molecular formula is C21H20S12. The minimum Gasteiger partial charge on any atom is -0.117 e. The third-order valence-corrected chi connectivity index (χ3v) is 19.7. The van der Waals surface area contributed by atoms with Crippen molar-refractivity contribution in [2.75, 3.05) is 11.5 Å². The van der Waals surface area contributed by atoms with Gasteiger partial charge in [0.15, 0.2) is 0 Å². The second-order valence-electron chi connectivity index (χ2n) is 6.05. The van der Waals surface area contributed by atoms with E-state index in [0.717, 1.165) is 0 Å². The Kier molecular flexibility index (Phi) is 13.2. The van der Waals surface area contributed by atoms with Crippen molar-refractivity contribution < 1.29 is 0 Å². The molecule has 0 unspecified atom stereocenters. The van der Waals surface area contributed by atoms with E-state index in [9.17, 15) is 0 Å². The molecule has 0 saturated heterocycles. The van der Waals surface area contributed by atoms with Gasteiger partial charge in [-0.15, -0.1) is 23.5 Å². The number of hydrogen-bond acceptors (Lipinski definition) is 12. The number of rotatable bonds is 12. The lowest BCUT2D eigenvalue weighted by Crippen LogP contribution is -1.85. The van der Waals surface area contributed by atoms with E-state index in [4.69, 9.17) is 0 Å². The van der Waals surface area contributed by atoms with Crippen LogP contribution >= 0.6 is 141 Å². The molecule has 4 heterocycles. The van der Waals surface area contributed by atoms with E-state index < -0.39 is 0 Å². The Morgan fingerprint density at radius 3 is 1.33 bits per heavy atom. The maximum absolute atomic E-state index is 3.92. The van der Waals surface area contributed by atoms with Crippen LogP contribution in [0.15, 0.2) is 79.5 Å². The summed E-state index contributed by atoms with van der Waals surface area (Å²) in [5.41, 5.74) is 0. The molecule has 0 spiro atoms. The smallest absolute Gasteiger partial charge is 0.0717 e. The lowest BCUT2D eigenvalue weighted by atomic mass is 10.3. The van der Waals surface area contributed by atoms with E-state index in [2.05, 4.69) is 34.8 Å². The molecule has 12 heteroatoms. The lowest BCUT2D eigenvalue weighted by molar-refractivity contribution is 0.787. The molecule has 0 atom stereocenters. The highest BCUT2D eigenvalue weighted by Gasteiger charge is 2.26. The van der Waals surface area contributed by atoms with E-state index in [-0.39, 0.29) is 0 Å². The van der Waals surface area contributed by atoms with Crippen LogP contribution < -0.4 is 0 Å². The van der Waals surface area contributed by atoms with E-state index in [1.165, 1.54) is 64.7 Å². The Hall–Kier alpha value is 2.12. The van der Waals surface area contributed by atoms with Gasteiger partial charge in [0.05, 0.1) is 33.9 Å². The number of unbranched alkanes of at least 4 members (excludes halogenated alkanes) is 2. The predicted octanol–water partition coefficient (Wildman–Crippen LogP) is 12.7. The monoisotopic (exact) mass is 656 g/mol. The fraction of sp³-hybridized carbons (Fsp3) is 0.238. The van der Waals surface area contributed by atoms with Gasteiger partial charge in [0.25, 0.3) is 0 Å². The summed E-state index contributed by atoms with van der Waals surface area (Å²) < 4.78 is 11.4. The molecule has 4 aliphatic heterocycles. The van der Waals surface area contributed by atoms with E-state index in [1.807, 2.05) is 128 Å². The molecule has 0 amide bonds. The molecule has 0 bridgehead atoms. The first-order chi connectivity index (χ1) is 16.3. The summed E-state index contributed by atoms with van der Waals surface area (Å²) in [6.07, 6.45) is 3.83. The topological polar surface area (TPSA) is 0 Å². The number of hydrogen-bond donors (Lipinski definition) is 0. The molecule has 176 valence electrons. The predicted molar refractivity (Wildman–Crippen MR) is 181 cm³/mol. The van der Waals surface area contributed by atoms with Crippen LogP contribution in [-0.4, -0.2) is 11.5 Å². The van der Waals surface area contributed by atoms with E-state index in [0.29, 0.717) is 0 Å². The molecular weight excluding hydrogens is 637 g/mol. The molecule has 0 saturated carbocycles. The molecule has 0 aromatic rings. The van der Waals surface area contributed by atoms with Crippen LogP contribution in [0.1, 0.15) is 19.3 Å². The Bertz CT molecular complexity index is 856. The molecule has 33 heavy (non-hydrogen) atoms. The molecule has 0 aromatic carbocycles. The minimum absolute atomic E-state index is 1.19. The summed E-state index contributed by atoms with van der Waals surface area (Å²) in [6, 6.07) is 0. The zero-order valence-electron chi connectivity index (χ0n) is 17.3. The van der Waals surface area contributed by atoms with Crippen LogP contribution in [0.3, 0.4) is 0 Å². The van der Waals surface area contributed by atoms with Crippen molar-refractivity contribution in [1.82, 2.24) is 0 Å². The summed E-state index contributed by atoms with van der Waals surface area (Å²) in [4.78, 5) is 0. The van der Waals surface area contributed by atoms with Gasteiger partial charge in [-0.2, -0.15) is 0 Å². The van der Waals surface area contributed by atoms with Crippen molar-refractivity contribution in [2.24, 2.45) is 0 Å². The SMILES string of the molecule is C=CSC1=C(SCCCCCSC2=C(SC=C)SC(=C3SC=CS3)S2)SC(=C2SC=CS2)S1. The van der Waals surface area contributed by atoms with Crippen molar-refractivity contribution in [2.45, 2.75) is 19.3 Å². The summed E-state index contributed by atoms with van der Waals surface area (Å²) in [5, 5.41) is 12.6. The molecule has 4 rings (SSSR count). The van der Waals surface area contributed by atoms with Gasteiger partial charge in [0.1, 0.15) is 0 Å². The lowest BCUT2D eigenvalue weighted by Gasteiger charge is -2.05. The standard InChI is InChI=1S/C21H20S12/c1-3-22-16-18(32-20(30-16)14-26-10-11-27-14)24-8-6-5-7-9-25-19-17(23-4-2)31-21(33-19)15-28-12-13-29-15/h3-4,10-13H,1-2,5-9H2. The van der Waals surface area contributed by atoms with Gasteiger partial charge in [-0.3, -0.25) is 0 Å². The van der Waals surface area contributed by atoms with Gasteiger partial charge in [-0.05, 0) is 56.8 Å². The molecule has 0 fully saturated rings. The summed E-state index contributed by atoms with van der Waals surface area (Å²) >= 11 is 22.7. The minimum atomic E-state index is 1.19. The zero-order chi connectivity index (χ0) is 22.9. The largest absolute Gasteiger partial charge is 0.117 e. The van der Waals surface area contributed by atoms with Crippen LogP contribution in [0.4, 0.5) is 0 Å². The van der Waals surface area contributed by atoms with E-state index >= 15 is 0 Å². The average molecular weight is 657 g/mol. The van der Waals surface area contributed by atoms with Crippen molar-refractivity contribution in [3.8, 4) is 0 Å². The van der Waals surface area contributed by atoms with Crippen molar-refractivity contribution in [1.29, 1.82) is 0 Å². The van der Waals surface area contributed by atoms with Gasteiger partial charge >= 0.3 is 0 Å². The molecule has 4 aliphatic rings. The van der Waals surface area contributed by atoms with Gasteiger partial charge in [0, 0.05) is 0 Å².